The van der Waals surface area contributed by atoms with Gasteiger partial charge in [-0.25, -0.2) is 13.4 Å². The molecule has 31 heavy (non-hydrogen) atoms. The second-order valence-corrected chi connectivity index (χ2v) is 10.7. The highest BCUT2D eigenvalue weighted by Gasteiger charge is 2.23. The number of halogens is 1. The minimum atomic E-state index is -3.61. The van der Waals surface area contributed by atoms with Gasteiger partial charge in [0.2, 0.25) is 5.91 Å². The molecule has 0 saturated heterocycles. The molecule has 0 fully saturated rings. The van der Waals surface area contributed by atoms with Gasteiger partial charge in [0.1, 0.15) is 11.3 Å². The number of likely N-dealkylation sites (N-methyl/N-ethyl adjacent to an activating group) is 1. The molecule has 0 aliphatic heterocycles. The molecule has 0 aliphatic rings. The zero-order valence-electron chi connectivity index (χ0n) is 17.5. The first-order valence-electron chi connectivity index (χ1n) is 9.58. The Kier molecular flexibility index (Phi) is 7.53. The zero-order chi connectivity index (χ0) is 22.6. The van der Waals surface area contributed by atoms with E-state index in [2.05, 4.69) is 4.98 Å². The first kappa shape index (κ1) is 23.5. The number of fused-ring (bicyclic) bond motifs is 1. The molecule has 2 aromatic carbocycles. The fourth-order valence-corrected chi connectivity index (χ4v) is 5.44. The summed E-state index contributed by atoms with van der Waals surface area (Å²) >= 11 is 7.60. The summed E-state index contributed by atoms with van der Waals surface area (Å²) in [5, 5.41) is 1.03. The molecule has 0 aliphatic carbocycles. The highest BCUT2D eigenvalue weighted by molar-refractivity contribution is 7.91. The van der Waals surface area contributed by atoms with E-state index >= 15 is 0 Å². The van der Waals surface area contributed by atoms with Gasteiger partial charge in [-0.05, 0) is 50.5 Å². The summed E-state index contributed by atoms with van der Waals surface area (Å²) in [4.78, 5) is 21.3. The summed E-state index contributed by atoms with van der Waals surface area (Å²) in [5.41, 5.74) is 0.637. The Morgan fingerprint density at radius 3 is 2.45 bits per heavy atom. The van der Waals surface area contributed by atoms with Crippen LogP contribution in [0.25, 0.3) is 10.2 Å². The van der Waals surface area contributed by atoms with Crippen LogP contribution in [0.2, 0.25) is 5.02 Å². The molecule has 0 atom stereocenters. The lowest BCUT2D eigenvalue weighted by atomic mass is 10.3. The molecule has 1 amide bonds. The largest absolute Gasteiger partial charge is 0.497 e. The van der Waals surface area contributed by atoms with Gasteiger partial charge in [0.05, 0.1) is 27.5 Å². The van der Waals surface area contributed by atoms with Crippen molar-refractivity contribution in [1.29, 1.82) is 0 Å². The van der Waals surface area contributed by atoms with Gasteiger partial charge < -0.3 is 9.64 Å². The van der Waals surface area contributed by atoms with Crippen molar-refractivity contribution in [3.63, 3.8) is 0 Å². The molecule has 0 bridgehead atoms. The molecule has 3 rings (SSSR count). The molecule has 0 unspecified atom stereocenters. The van der Waals surface area contributed by atoms with Gasteiger partial charge in [-0.2, -0.15) is 0 Å². The van der Waals surface area contributed by atoms with E-state index in [0.717, 1.165) is 4.70 Å². The predicted molar refractivity (Wildman–Crippen MR) is 125 cm³/mol. The zero-order valence-corrected chi connectivity index (χ0v) is 19.9. The van der Waals surface area contributed by atoms with Gasteiger partial charge in [0.25, 0.3) is 0 Å². The van der Waals surface area contributed by atoms with Gasteiger partial charge >= 0.3 is 0 Å². The smallest absolute Gasteiger partial charge is 0.229 e. The number of aromatic nitrogens is 1. The van der Waals surface area contributed by atoms with Crippen LogP contribution in [0.3, 0.4) is 0 Å². The van der Waals surface area contributed by atoms with Crippen LogP contribution >= 0.6 is 22.9 Å². The average Bonchev–Trinajstić information content (AvgIpc) is 3.17. The molecule has 3 aromatic rings. The number of ether oxygens (including phenoxy) is 1. The minimum absolute atomic E-state index is 0.147. The number of carbonyl (C=O) groups excluding carboxylic acids is 1. The number of nitrogens with zero attached hydrogens (tertiary/aromatic N) is 3. The number of hydrogen-bond acceptors (Lipinski definition) is 7. The van der Waals surface area contributed by atoms with E-state index in [-0.39, 0.29) is 23.0 Å². The molecule has 0 spiro atoms. The normalized spacial score (nSPS) is 11.8. The number of amides is 1. The predicted octanol–water partition coefficient (Wildman–Crippen LogP) is 3.72. The van der Waals surface area contributed by atoms with Crippen molar-refractivity contribution in [3.05, 3.63) is 47.5 Å². The standard InChI is InChI=1S/C21H24ClN3O4S2/c1-24(2)12-13-25(21-23-20-17(22)5-4-6-18(20)30-21)19(26)11-14-31(27,28)16-9-7-15(29-3)8-10-16/h4-10H,11-14H2,1-3H3. The Balaban J connectivity index is 1.80. The van der Waals surface area contributed by atoms with E-state index in [1.807, 2.05) is 31.1 Å². The molecule has 7 nitrogen and oxygen atoms in total. The van der Waals surface area contributed by atoms with Crippen LogP contribution in [0, 0.1) is 0 Å². The highest BCUT2D eigenvalue weighted by atomic mass is 35.5. The Bertz CT molecular complexity index is 1160. The lowest BCUT2D eigenvalue weighted by molar-refractivity contribution is -0.118. The summed E-state index contributed by atoms with van der Waals surface area (Å²) < 4.78 is 31.3. The van der Waals surface area contributed by atoms with Crippen molar-refractivity contribution in [2.24, 2.45) is 0 Å². The van der Waals surface area contributed by atoms with Crippen LogP contribution in [0.5, 0.6) is 5.75 Å². The van der Waals surface area contributed by atoms with Crippen LogP contribution in [0.15, 0.2) is 47.4 Å². The third-order valence-corrected chi connectivity index (χ3v) is 7.75. The number of carbonyl (C=O) groups is 1. The first-order valence-corrected chi connectivity index (χ1v) is 12.4. The van der Waals surface area contributed by atoms with E-state index in [4.69, 9.17) is 16.3 Å². The molecule has 1 heterocycles. The highest BCUT2D eigenvalue weighted by Crippen LogP contribution is 2.33. The third kappa shape index (κ3) is 5.74. The number of benzene rings is 2. The first-order chi connectivity index (χ1) is 14.7. The van der Waals surface area contributed by atoms with Gasteiger partial charge in [-0.15, -0.1) is 0 Å². The van der Waals surface area contributed by atoms with Crippen LogP contribution in [0.4, 0.5) is 5.13 Å². The summed E-state index contributed by atoms with van der Waals surface area (Å²) in [5.74, 6) is -0.0176. The number of anilines is 1. The quantitative estimate of drug-likeness (QED) is 0.463. The van der Waals surface area contributed by atoms with Crippen molar-refractivity contribution in [2.75, 3.05) is 44.9 Å². The maximum absolute atomic E-state index is 13.1. The molecule has 0 N–H and O–H groups in total. The van der Waals surface area contributed by atoms with Crippen molar-refractivity contribution in [2.45, 2.75) is 11.3 Å². The minimum Gasteiger partial charge on any atom is -0.497 e. The number of rotatable bonds is 9. The molecule has 10 heteroatoms. The van der Waals surface area contributed by atoms with E-state index in [1.165, 1.54) is 30.6 Å². The maximum Gasteiger partial charge on any atom is 0.229 e. The monoisotopic (exact) mass is 481 g/mol. The lowest BCUT2D eigenvalue weighted by Gasteiger charge is -2.22. The number of para-hydroxylation sites is 1. The number of thiazole rings is 1. The topological polar surface area (TPSA) is 79.8 Å². The fourth-order valence-electron chi connectivity index (χ4n) is 2.90. The van der Waals surface area contributed by atoms with Crippen LogP contribution < -0.4 is 9.64 Å². The Morgan fingerprint density at radius 2 is 1.84 bits per heavy atom. The fraction of sp³-hybridized carbons (Fsp3) is 0.333. The van der Waals surface area contributed by atoms with Crippen LogP contribution in [-0.4, -0.2) is 64.3 Å². The van der Waals surface area contributed by atoms with Crippen molar-refractivity contribution in [1.82, 2.24) is 9.88 Å². The maximum atomic E-state index is 13.1. The van der Waals surface area contributed by atoms with E-state index in [1.54, 1.807) is 23.1 Å². The van der Waals surface area contributed by atoms with Crippen molar-refractivity contribution in [3.8, 4) is 5.75 Å². The molecular weight excluding hydrogens is 458 g/mol. The van der Waals surface area contributed by atoms with E-state index in [0.29, 0.717) is 34.5 Å². The average molecular weight is 482 g/mol. The Labute approximate surface area is 191 Å². The number of methoxy groups -OCH3 is 1. The van der Waals surface area contributed by atoms with Crippen LogP contribution in [-0.2, 0) is 14.6 Å². The number of sulfone groups is 1. The molecule has 0 saturated carbocycles. The second-order valence-electron chi connectivity index (χ2n) is 7.18. The van der Waals surface area contributed by atoms with Crippen LogP contribution in [0.1, 0.15) is 6.42 Å². The Morgan fingerprint density at radius 1 is 1.13 bits per heavy atom. The lowest BCUT2D eigenvalue weighted by Crippen LogP contribution is -2.37. The van der Waals surface area contributed by atoms with E-state index < -0.39 is 9.84 Å². The van der Waals surface area contributed by atoms with Gasteiger partial charge in [0.15, 0.2) is 15.0 Å². The van der Waals surface area contributed by atoms with Gasteiger partial charge in [-0.3, -0.25) is 9.69 Å². The van der Waals surface area contributed by atoms with Crippen molar-refractivity contribution >= 4 is 54.0 Å². The van der Waals surface area contributed by atoms with Crippen molar-refractivity contribution < 1.29 is 17.9 Å². The molecular formula is C21H24ClN3O4S2. The number of hydrogen-bond donors (Lipinski definition) is 0. The van der Waals surface area contributed by atoms with Gasteiger partial charge in [0, 0.05) is 19.5 Å². The SMILES string of the molecule is COc1ccc(S(=O)(=O)CCC(=O)N(CCN(C)C)c2nc3c(Cl)cccc3s2)cc1. The Hall–Kier alpha value is -2.20. The van der Waals surface area contributed by atoms with E-state index in [9.17, 15) is 13.2 Å². The second kappa shape index (κ2) is 9.95. The van der Waals surface area contributed by atoms with Gasteiger partial charge in [-0.1, -0.05) is 29.0 Å². The third-order valence-electron chi connectivity index (χ3n) is 4.66. The molecule has 1 aromatic heterocycles. The molecule has 0 radical (unpaired) electrons. The summed E-state index contributed by atoms with van der Waals surface area (Å²) in [6, 6.07) is 11.6. The molecule has 166 valence electrons. The summed E-state index contributed by atoms with van der Waals surface area (Å²) in [6.07, 6.45) is -0.147. The summed E-state index contributed by atoms with van der Waals surface area (Å²) in [6.45, 7) is 1.01. The summed E-state index contributed by atoms with van der Waals surface area (Å²) in [7, 11) is 1.72.